The Morgan fingerprint density at radius 2 is 1.97 bits per heavy atom. The maximum absolute atomic E-state index is 13.3. The molecule has 2 fully saturated rings. The molecule has 1 unspecified atom stereocenters. The lowest BCUT2D eigenvalue weighted by atomic mass is 9.71. The standard InChI is InChI=1S/C26H33NO5/c1-16-13-21(23-19-8-3-4-9-20(19)25(29)32-22(23)14-16)31-17(2)24(28)27-12-11-26(30)10-6-5-7-18(26)15-27/h13-14,17-18,30H,3-12,15H2,1-2H3/t17?,18-,26-/m0/s1. The van der Waals surface area contributed by atoms with Crippen LogP contribution in [0.25, 0.3) is 11.0 Å². The number of hydrogen-bond acceptors (Lipinski definition) is 5. The second kappa shape index (κ2) is 8.22. The number of amides is 1. The maximum atomic E-state index is 13.3. The normalized spacial score (nSPS) is 26.3. The fourth-order valence-corrected chi connectivity index (χ4v) is 6.03. The Balaban J connectivity index is 1.42. The molecule has 1 aromatic carbocycles. The molecule has 172 valence electrons. The molecule has 1 aromatic heterocycles. The van der Waals surface area contributed by atoms with Crippen LogP contribution in [0.4, 0.5) is 0 Å². The van der Waals surface area contributed by atoms with Gasteiger partial charge >= 0.3 is 5.63 Å². The van der Waals surface area contributed by atoms with Gasteiger partial charge in [-0.2, -0.15) is 0 Å². The van der Waals surface area contributed by atoms with Crippen LogP contribution in [0, 0.1) is 12.8 Å². The van der Waals surface area contributed by atoms with Crippen molar-refractivity contribution < 1.29 is 19.1 Å². The molecule has 0 spiro atoms. The average Bonchev–Trinajstić information content (AvgIpc) is 2.77. The molecule has 6 nitrogen and oxygen atoms in total. The predicted octanol–water partition coefficient (Wildman–Crippen LogP) is 3.90. The molecule has 2 heterocycles. The van der Waals surface area contributed by atoms with Gasteiger partial charge in [0.25, 0.3) is 5.91 Å². The number of carbonyl (C=O) groups excluding carboxylic acids is 1. The number of aryl methyl sites for hydroxylation is 2. The highest BCUT2D eigenvalue weighted by atomic mass is 16.5. The van der Waals surface area contributed by atoms with Gasteiger partial charge < -0.3 is 19.2 Å². The predicted molar refractivity (Wildman–Crippen MR) is 122 cm³/mol. The molecule has 1 amide bonds. The van der Waals surface area contributed by atoms with Gasteiger partial charge in [-0.05, 0) is 82.1 Å². The van der Waals surface area contributed by atoms with E-state index >= 15 is 0 Å². The van der Waals surface area contributed by atoms with Crippen molar-refractivity contribution in [1.82, 2.24) is 4.90 Å². The van der Waals surface area contributed by atoms with Crippen molar-refractivity contribution in [3.05, 3.63) is 39.2 Å². The van der Waals surface area contributed by atoms with E-state index < -0.39 is 11.7 Å². The van der Waals surface area contributed by atoms with E-state index in [2.05, 4.69) is 0 Å². The zero-order chi connectivity index (χ0) is 22.5. The summed E-state index contributed by atoms with van der Waals surface area (Å²) >= 11 is 0. The van der Waals surface area contributed by atoms with Crippen molar-refractivity contribution in [2.75, 3.05) is 13.1 Å². The van der Waals surface area contributed by atoms with Crippen LogP contribution >= 0.6 is 0 Å². The number of piperidine rings is 1. The van der Waals surface area contributed by atoms with Gasteiger partial charge in [0.2, 0.25) is 0 Å². The first-order valence-corrected chi connectivity index (χ1v) is 12.1. The number of nitrogens with zero attached hydrogens (tertiary/aromatic N) is 1. The Labute approximate surface area is 188 Å². The van der Waals surface area contributed by atoms with Crippen molar-refractivity contribution in [3.63, 3.8) is 0 Å². The topological polar surface area (TPSA) is 80.0 Å². The molecular weight excluding hydrogens is 406 g/mol. The smallest absolute Gasteiger partial charge is 0.339 e. The molecule has 1 N–H and O–H groups in total. The van der Waals surface area contributed by atoms with E-state index in [-0.39, 0.29) is 17.5 Å². The van der Waals surface area contributed by atoms with E-state index in [0.717, 1.165) is 73.4 Å². The number of ether oxygens (including phenoxy) is 1. The minimum absolute atomic E-state index is 0.0430. The number of hydrogen-bond donors (Lipinski definition) is 1. The minimum Gasteiger partial charge on any atom is -0.480 e. The molecule has 6 heteroatoms. The summed E-state index contributed by atoms with van der Waals surface area (Å²) in [6.07, 6.45) is 7.57. The summed E-state index contributed by atoms with van der Waals surface area (Å²) in [6.45, 7) is 4.90. The molecule has 32 heavy (non-hydrogen) atoms. The molecule has 0 bridgehead atoms. The Hall–Kier alpha value is -2.34. The number of aliphatic hydroxyl groups is 1. The lowest BCUT2D eigenvalue weighted by Gasteiger charge is -2.47. The van der Waals surface area contributed by atoms with E-state index in [4.69, 9.17) is 9.15 Å². The van der Waals surface area contributed by atoms with Crippen molar-refractivity contribution in [3.8, 4) is 5.75 Å². The zero-order valence-electron chi connectivity index (χ0n) is 19.1. The molecule has 5 rings (SSSR count). The second-order valence-electron chi connectivity index (χ2n) is 10.0. The third-order valence-corrected chi connectivity index (χ3v) is 7.82. The van der Waals surface area contributed by atoms with Crippen LogP contribution in [0.1, 0.15) is 68.6 Å². The lowest BCUT2D eigenvalue weighted by molar-refractivity contribution is -0.149. The van der Waals surface area contributed by atoms with Crippen LogP contribution < -0.4 is 10.4 Å². The van der Waals surface area contributed by atoms with E-state index in [1.54, 1.807) is 6.92 Å². The Morgan fingerprint density at radius 1 is 1.19 bits per heavy atom. The molecule has 3 aliphatic rings. The molecule has 1 aliphatic heterocycles. The highest BCUT2D eigenvalue weighted by molar-refractivity contribution is 5.89. The SMILES string of the molecule is Cc1cc(OC(C)C(=O)N2CC[C@@]3(O)CCCC[C@H]3C2)c2c3c(c(=O)oc2c1)CCCC3. The van der Waals surface area contributed by atoms with Gasteiger partial charge in [-0.15, -0.1) is 0 Å². The molecule has 2 aliphatic carbocycles. The van der Waals surface area contributed by atoms with Gasteiger partial charge in [0.15, 0.2) is 6.10 Å². The Bertz CT molecular complexity index is 1110. The maximum Gasteiger partial charge on any atom is 0.339 e. The molecular formula is C26H33NO5. The number of carbonyl (C=O) groups is 1. The monoisotopic (exact) mass is 439 g/mol. The average molecular weight is 440 g/mol. The fraction of sp³-hybridized carbons (Fsp3) is 0.615. The molecule has 1 saturated carbocycles. The van der Waals surface area contributed by atoms with Crippen molar-refractivity contribution in [2.45, 2.75) is 83.3 Å². The van der Waals surface area contributed by atoms with Crippen LogP contribution in [0.2, 0.25) is 0 Å². The van der Waals surface area contributed by atoms with Crippen LogP contribution in [0.3, 0.4) is 0 Å². The fourth-order valence-electron chi connectivity index (χ4n) is 6.03. The van der Waals surface area contributed by atoms with Crippen molar-refractivity contribution in [2.24, 2.45) is 5.92 Å². The third-order valence-electron chi connectivity index (χ3n) is 7.82. The van der Waals surface area contributed by atoms with Gasteiger partial charge in [0, 0.05) is 24.6 Å². The second-order valence-corrected chi connectivity index (χ2v) is 10.0. The van der Waals surface area contributed by atoms with Crippen LogP contribution in [-0.4, -0.2) is 40.7 Å². The minimum atomic E-state index is -0.652. The van der Waals surface area contributed by atoms with E-state index in [9.17, 15) is 14.7 Å². The highest BCUT2D eigenvalue weighted by Gasteiger charge is 2.44. The third kappa shape index (κ3) is 3.72. The van der Waals surface area contributed by atoms with Crippen LogP contribution in [0.15, 0.2) is 21.3 Å². The zero-order valence-corrected chi connectivity index (χ0v) is 19.1. The summed E-state index contributed by atoms with van der Waals surface area (Å²) in [7, 11) is 0. The largest absolute Gasteiger partial charge is 0.480 e. The number of benzene rings is 1. The summed E-state index contributed by atoms with van der Waals surface area (Å²) in [5.74, 6) is 0.731. The number of fused-ring (bicyclic) bond motifs is 4. The summed E-state index contributed by atoms with van der Waals surface area (Å²) in [4.78, 5) is 27.6. The quantitative estimate of drug-likeness (QED) is 0.734. The first kappa shape index (κ1) is 21.5. The lowest BCUT2D eigenvalue weighted by Crippen LogP contribution is -2.56. The van der Waals surface area contributed by atoms with Crippen LogP contribution in [-0.2, 0) is 17.6 Å². The first-order valence-electron chi connectivity index (χ1n) is 12.1. The molecule has 0 radical (unpaired) electrons. The number of likely N-dealkylation sites (tertiary alicyclic amines) is 1. The van der Waals surface area contributed by atoms with Gasteiger partial charge in [-0.1, -0.05) is 12.8 Å². The van der Waals surface area contributed by atoms with E-state index in [0.29, 0.717) is 30.8 Å². The van der Waals surface area contributed by atoms with Gasteiger partial charge in [0.05, 0.1) is 11.0 Å². The van der Waals surface area contributed by atoms with Crippen molar-refractivity contribution in [1.29, 1.82) is 0 Å². The summed E-state index contributed by atoms with van der Waals surface area (Å²) in [6, 6.07) is 3.82. The Kier molecular flexibility index (Phi) is 5.52. The first-order chi connectivity index (χ1) is 15.4. The number of rotatable bonds is 3. The van der Waals surface area contributed by atoms with Crippen LogP contribution in [0.5, 0.6) is 5.75 Å². The van der Waals surface area contributed by atoms with Gasteiger partial charge in [-0.3, -0.25) is 4.79 Å². The van der Waals surface area contributed by atoms with Gasteiger partial charge in [0.1, 0.15) is 11.3 Å². The molecule has 3 atom stereocenters. The van der Waals surface area contributed by atoms with E-state index in [1.165, 1.54) is 0 Å². The Morgan fingerprint density at radius 3 is 2.78 bits per heavy atom. The molecule has 2 aromatic rings. The highest BCUT2D eigenvalue weighted by Crippen LogP contribution is 2.40. The van der Waals surface area contributed by atoms with Crippen molar-refractivity contribution >= 4 is 16.9 Å². The summed E-state index contributed by atoms with van der Waals surface area (Å²) < 4.78 is 11.9. The van der Waals surface area contributed by atoms with E-state index in [1.807, 2.05) is 24.0 Å². The molecule has 1 saturated heterocycles. The summed E-state index contributed by atoms with van der Waals surface area (Å²) in [5.41, 5.74) is 2.38. The van der Waals surface area contributed by atoms with Gasteiger partial charge in [-0.25, -0.2) is 4.79 Å². The summed E-state index contributed by atoms with van der Waals surface area (Å²) in [5, 5.41) is 11.8.